The zero-order valence-electron chi connectivity index (χ0n) is 9.58. The first-order chi connectivity index (χ1) is 7.26. The minimum Gasteiger partial charge on any atom is -0.327 e. The summed E-state index contributed by atoms with van der Waals surface area (Å²) < 4.78 is 0. The summed E-state index contributed by atoms with van der Waals surface area (Å²) in [5, 5.41) is 0. The summed E-state index contributed by atoms with van der Waals surface area (Å²) >= 11 is 0. The van der Waals surface area contributed by atoms with Gasteiger partial charge in [0.2, 0.25) is 0 Å². The third-order valence-corrected chi connectivity index (χ3v) is 3.97. The first kappa shape index (κ1) is 10.7. The highest BCUT2D eigenvalue weighted by atomic mass is 14.7. The van der Waals surface area contributed by atoms with E-state index in [-0.39, 0.29) is 11.5 Å². The van der Waals surface area contributed by atoms with Gasteiger partial charge in [-0.2, -0.15) is 0 Å². The Morgan fingerprint density at radius 2 is 1.67 bits per heavy atom. The quantitative estimate of drug-likeness (QED) is 0.784. The average Bonchev–Trinajstić information content (AvgIpc) is 2.31. The predicted octanol–water partition coefficient (Wildman–Crippen LogP) is 3.24. The van der Waals surface area contributed by atoms with Crippen LogP contribution in [0.25, 0.3) is 0 Å². The minimum atomic E-state index is 0.250. The van der Waals surface area contributed by atoms with Crippen LogP contribution in [0.4, 0.5) is 0 Å². The van der Waals surface area contributed by atoms with Gasteiger partial charge in [-0.05, 0) is 25.3 Å². The molecule has 1 aliphatic rings. The summed E-state index contributed by atoms with van der Waals surface area (Å²) in [6.07, 6.45) is 6.55. The average molecular weight is 203 g/mol. The molecule has 1 saturated carbocycles. The van der Waals surface area contributed by atoms with Gasteiger partial charge in [-0.25, -0.2) is 0 Å². The third kappa shape index (κ3) is 1.93. The van der Waals surface area contributed by atoms with Gasteiger partial charge >= 0.3 is 0 Å². The van der Waals surface area contributed by atoms with Crippen LogP contribution in [-0.4, -0.2) is 6.04 Å². The summed E-state index contributed by atoms with van der Waals surface area (Å²) in [7, 11) is 0. The van der Waals surface area contributed by atoms with Crippen LogP contribution in [0.3, 0.4) is 0 Å². The standard InChI is InChI=1S/C14H21N/c1-12(15)14(10-6-3-7-11-14)13-8-4-2-5-9-13/h2,4-5,8-9,12H,3,6-7,10-11,15H2,1H3. The largest absolute Gasteiger partial charge is 0.327 e. The molecule has 1 unspecified atom stereocenters. The van der Waals surface area contributed by atoms with E-state index in [4.69, 9.17) is 5.73 Å². The molecule has 1 aliphatic carbocycles. The topological polar surface area (TPSA) is 26.0 Å². The van der Waals surface area contributed by atoms with Crippen molar-refractivity contribution in [3.05, 3.63) is 35.9 Å². The van der Waals surface area contributed by atoms with Crippen molar-refractivity contribution < 1.29 is 0 Å². The van der Waals surface area contributed by atoms with Crippen LogP contribution in [0.2, 0.25) is 0 Å². The van der Waals surface area contributed by atoms with Crippen LogP contribution in [0.1, 0.15) is 44.6 Å². The number of nitrogens with two attached hydrogens (primary N) is 1. The molecule has 0 bridgehead atoms. The van der Waals surface area contributed by atoms with Gasteiger partial charge in [-0.15, -0.1) is 0 Å². The van der Waals surface area contributed by atoms with Crippen molar-refractivity contribution in [2.45, 2.75) is 50.5 Å². The molecule has 0 aliphatic heterocycles. The smallest absolute Gasteiger partial charge is 0.0108 e. The van der Waals surface area contributed by atoms with Crippen molar-refractivity contribution in [1.82, 2.24) is 0 Å². The molecule has 0 aromatic heterocycles. The Morgan fingerprint density at radius 1 is 1.07 bits per heavy atom. The molecule has 82 valence electrons. The molecule has 1 atom stereocenters. The van der Waals surface area contributed by atoms with Gasteiger partial charge in [0.05, 0.1) is 0 Å². The van der Waals surface area contributed by atoms with Crippen LogP contribution in [0.15, 0.2) is 30.3 Å². The Kier molecular flexibility index (Phi) is 3.11. The normalized spacial score (nSPS) is 22.3. The van der Waals surface area contributed by atoms with Gasteiger partial charge in [-0.1, -0.05) is 49.6 Å². The molecule has 0 radical (unpaired) electrons. The monoisotopic (exact) mass is 203 g/mol. The lowest BCUT2D eigenvalue weighted by molar-refractivity contribution is 0.252. The first-order valence-electron chi connectivity index (χ1n) is 6.07. The van der Waals surface area contributed by atoms with Crippen LogP contribution in [-0.2, 0) is 5.41 Å². The van der Waals surface area contributed by atoms with Crippen molar-refractivity contribution >= 4 is 0 Å². The van der Waals surface area contributed by atoms with E-state index in [1.807, 2.05) is 0 Å². The van der Waals surface area contributed by atoms with Gasteiger partial charge in [-0.3, -0.25) is 0 Å². The zero-order chi connectivity index (χ0) is 10.7. The fraction of sp³-hybridized carbons (Fsp3) is 0.571. The van der Waals surface area contributed by atoms with E-state index < -0.39 is 0 Å². The number of rotatable bonds is 2. The summed E-state index contributed by atoms with van der Waals surface area (Å²) in [5.74, 6) is 0. The second-order valence-electron chi connectivity index (χ2n) is 4.87. The van der Waals surface area contributed by atoms with E-state index in [9.17, 15) is 0 Å². The Labute approximate surface area is 92.7 Å². The molecule has 2 rings (SSSR count). The molecule has 1 nitrogen and oxygen atoms in total. The third-order valence-electron chi connectivity index (χ3n) is 3.97. The highest BCUT2D eigenvalue weighted by Crippen LogP contribution is 2.41. The molecule has 0 saturated heterocycles. The molecule has 0 spiro atoms. The van der Waals surface area contributed by atoms with Gasteiger partial charge in [0, 0.05) is 11.5 Å². The number of hydrogen-bond acceptors (Lipinski definition) is 1. The number of benzene rings is 1. The lowest BCUT2D eigenvalue weighted by Crippen LogP contribution is -2.44. The zero-order valence-corrected chi connectivity index (χ0v) is 9.58. The minimum absolute atomic E-state index is 0.250. The second-order valence-corrected chi connectivity index (χ2v) is 4.87. The maximum Gasteiger partial charge on any atom is 0.0108 e. The van der Waals surface area contributed by atoms with Crippen molar-refractivity contribution in [1.29, 1.82) is 0 Å². The molecule has 0 amide bonds. The van der Waals surface area contributed by atoms with Crippen LogP contribution in [0, 0.1) is 0 Å². The van der Waals surface area contributed by atoms with Crippen LogP contribution >= 0.6 is 0 Å². The van der Waals surface area contributed by atoms with Crippen molar-refractivity contribution in [3.63, 3.8) is 0 Å². The fourth-order valence-electron chi connectivity index (χ4n) is 2.96. The van der Waals surface area contributed by atoms with Crippen molar-refractivity contribution in [2.24, 2.45) is 5.73 Å². The Hall–Kier alpha value is -0.820. The SMILES string of the molecule is CC(N)C1(c2ccccc2)CCCCC1. The Morgan fingerprint density at radius 3 is 2.20 bits per heavy atom. The maximum absolute atomic E-state index is 6.23. The van der Waals surface area contributed by atoms with Crippen LogP contribution < -0.4 is 5.73 Å². The first-order valence-corrected chi connectivity index (χ1v) is 6.07. The Bertz CT molecular complexity index is 296. The lowest BCUT2D eigenvalue weighted by Gasteiger charge is -2.41. The van der Waals surface area contributed by atoms with E-state index in [0.717, 1.165) is 0 Å². The molecule has 15 heavy (non-hydrogen) atoms. The summed E-state index contributed by atoms with van der Waals surface area (Å²) in [6, 6.07) is 11.1. The van der Waals surface area contributed by atoms with Crippen molar-refractivity contribution in [3.8, 4) is 0 Å². The summed E-state index contributed by atoms with van der Waals surface area (Å²) in [5.41, 5.74) is 7.93. The molecule has 0 heterocycles. The van der Waals surface area contributed by atoms with Crippen LogP contribution in [0.5, 0.6) is 0 Å². The summed E-state index contributed by atoms with van der Waals surface area (Å²) in [4.78, 5) is 0. The predicted molar refractivity (Wildman–Crippen MR) is 64.9 cm³/mol. The van der Waals surface area contributed by atoms with Gasteiger partial charge < -0.3 is 5.73 Å². The Balaban J connectivity index is 2.34. The molecule has 1 aromatic carbocycles. The second kappa shape index (κ2) is 4.36. The van der Waals surface area contributed by atoms with Gasteiger partial charge in [0.25, 0.3) is 0 Å². The van der Waals surface area contributed by atoms with E-state index in [1.54, 1.807) is 0 Å². The van der Waals surface area contributed by atoms with E-state index in [2.05, 4.69) is 37.3 Å². The van der Waals surface area contributed by atoms with Crippen molar-refractivity contribution in [2.75, 3.05) is 0 Å². The molecular weight excluding hydrogens is 182 g/mol. The van der Waals surface area contributed by atoms with Gasteiger partial charge in [0.1, 0.15) is 0 Å². The molecule has 1 heteroatoms. The highest BCUT2D eigenvalue weighted by Gasteiger charge is 2.36. The van der Waals surface area contributed by atoms with Gasteiger partial charge in [0.15, 0.2) is 0 Å². The van der Waals surface area contributed by atoms with E-state index >= 15 is 0 Å². The number of hydrogen-bond donors (Lipinski definition) is 1. The van der Waals surface area contributed by atoms with E-state index in [1.165, 1.54) is 37.7 Å². The molecular formula is C14H21N. The molecule has 1 fully saturated rings. The molecule has 2 N–H and O–H groups in total. The van der Waals surface area contributed by atoms with E-state index in [0.29, 0.717) is 0 Å². The fourth-order valence-corrected chi connectivity index (χ4v) is 2.96. The molecule has 1 aromatic rings. The maximum atomic E-state index is 6.23. The lowest BCUT2D eigenvalue weighted by atomic mass is 9.65. The summed E-state index contributed by atoms with van der Waals surface area (Å²) in [6.45, 7) is 2.16. The highest BCUT2D eigenvalue weighted by molar-refractivity contribution is 5.28.